The highest BCUT2D eigenvalue weighted by Gasteiger charge is 2.24. The van der Waals surface area contributed by atoms with Crippen molar-refractivity contribution in [2.75, 3.05) is 11.4 Å². The van der Waals surface area contributed by atoms with Gasteiger partial charge in [0, 0.05) is 18.7 Å². The van der Waals surface area contributed by atoms with Crippen molar-refractivity contribution in [3.8, 4) is 0 Å². The van der Waals surface area contributed by atoms with Crippen molar-refractivity contribution >= 4 is 17.6 Å². The number of nitrogens with zero attached hydrogens (tertiary/aromatic N) is 1. The molecule has 0 aliphatic heterocycles. The summed E-state index contributed by atoms with van der Waals surface area (Å²) in [6, 6.07) is 5.96. The average molecular weight is 305 g/mol. The Labute approximate surface area is 133 Å². The molecule has 1 rings (SSSR count). The summed E-state index contributed by atoms with van der Waals surface area (Å²) in [5.41, 5.74) is 2.99. The monoisotopic (exact) mass is 305 g/mol. The summed E-state index contributed by atoms with van der Waals surface area (Å²) >= 11 is 0. The summed E-state index contributed by atoms with van der Waals surface area (Å²) in [7, 11) is 0. The number of carbonyl (C=O) groups excluding carboxylic acids is 1. The molecule has 0 aliphatic rings. The van der Waals surface area contributed by atoms with Crippen LogP contribution in [-0.4, -0.2) is 23.5 Å². The molecule has 1 unspecified atom stereocenters. The van der Waals surface area contributed by atoms with Gasteiger partial charge in [0.05, 0.1) is 5.92 Å². The summed E-state index contributed by atoms with van der Waals surface area (Å²) < 4.78 is 0. The first-order valence-electron chi connectivity index (χ1n) is 8.03. The zero-order valence-electron chi connectivity index (χ0n) is 14.1. The molecule has 1 N–H and O–H groups in total. The van der Waals surface area contributed by atoms with Crippen LogP contribution in [0.15, 0.2) is 18.2 Å². The van der Waals surface area contributed by atoms with Crippen LogP contribution in [-0.2, 0) is 16.0 Å². The molecule has 22 heavy (non-hydrogen) atoms. The van der Waals surface area contributed by atoms with Gasteiger partial charge in [0.1, 0.15) is 0 Å². The number of aryl methyl sites for hydroxylation is 2. The number of rotatable bonds is 8. The molecular weight excluding hydrogens is 278 g/mol. The smallest absolute Gasteiger partial charge is 0.308 e. The molecule has 1 aromatic carbocycles. The Morgan fingerprint density at radius 2 is 1.95 bits per heavy atom. The maximum Gasteiger partial charge on any atom is 0.308 e. The van der Waals surface area contributed by atoms with Gasteiger partial charge in [-0.15, -0.1) is 0 Å². The molecule has 0 saturated heterocycles. The van der Waals surface area contributed by atoms with E-state index in [2.05, 4.69) is 0 Å². The third-order valence-corrected chi connectivity index (χ3v) is 3.90. The first kappa shape index (κ1) is 18.2. The van der Waals surface area contributed by atoms with Crippen molar-refractivity contribution in [1.82, 2.24) is 0 Å². The van der Waals surface area contributed by atoms with Crippen molar-refractivity contribution < 1.29 is 14.7 Å². The normalized spacial score (nSPS) is 12.0. The minimum Gasteiger partial charge on any atom is -0.481 e. The standard InChI is InChI=1S/C18H27NO3/c1-5-7-11-16(20)19(12-14(4)18(21)22)17-13(3)9-8-10-15(17)6-2/h8-10,14H,5-7,11-12H2,1-4H3,(H,21,22). The van der Waals surface area contributed by atoms with E-state index in [4.69, 9.17) is 0 Å². The lowest BCUT2D eigenvalue weighted by Gasteiger charge is -2.28. The fourth-order valence-corrected chi connectivity index (χ4v) is 2.52. The van der Waals surface area contributed by atoms with Crippen LogP contribution in [0, 0.1) is 12.8 Å². The Morgan fingerprint density at radius 3 is 2.50 bits per heavy atom. The molecule has 4 heteroatoms. The van der Waals surface area contributed by atoms with E-state index < -0.39 is 11.9 Å². The lowest BCUT2D eigenvalue weighted by atomic mass is 10.0. The van der Waals surface area contributed by atoms with Crippen LogP contribution < -0.4 is 4.90 Å². The van der Waals surface area contributed by atoms with Gasteiger partial charge in [-0.25, -0.2) is 0 Å². The van der Waals surface area contributed by atoms with E-state index in [1.165, 1.54) is 0 Å². The molecule has 0 aliphatic carbocycles. The maximum absolute atomic E-state index is 12.6. The van der Waals surface area contributed by atoms with E-state index in [9.17, 15) is 14.7 Å². The summed E-state index contributed by atoms with van der Waals surface area (Å²) in [4.78, 5) is 25.5. The second kappa shape index (κ2) is 8.57. The van der Waals surface area contributed by atoms with Crippen LogP contribution in [0.5, 0.6) is 0 Å². The van der Waals surface area contributed by atoms with Crippen LogP contribution in [0.3, 0.4) is 0 Å². The molecule has 122 valence electrons. The lowest BCUT2D eigenvalue weighted by Crippen LogP contribution is -2.38. The Hall–Kier alpha value is -1.84. The molecule has 0 saturated carbocycles. The number of aliphatic carboxylic acids is 1. The van der Waals surface area contributed by atoms with Gasteiger partial charge in [-0.3, -0.25) is 9.59 Å². The summed E-state index contributed by atoms with van der Waals surface area (Å²) in [5, 5.41) is 9.19. The molecule has 1 aromatic rings. The lowest BCUT2D eigenvalue weighted by molar-refractivity contribution is -0.140. The number of hydrogen-bond acceptors (Lipinski definition) is 2. The maximum atomic E-state index is 12.6. The summed E-state index contributed by atoms with van der Waals surface area (Å²) in [6.07, 6.45) is 3.04. The number of carbonyl (C=O) groups is 2. The highest BCUT2D eigenvalue weighted by atomic mass is 16.4. The first-order valence-corrected chi connectivity index (χ1v) is 8.03. The fourth-order valence-electron chi connectivity index (χ4n) is 2.52. The zero-order chi connectivity index (χ0) is 16.7. The Morgan fingerprint density at radius 1 is 1.27 bits per heavy atom. The van der Waals surface area contributed by atoms with E-state index in [1.54, 1.807) is 11.8 Å². The van der Waals surface area contributed by atoms with Gasteiger partial charge in [0.2, 0.25) is 5.91 Å². The van der Waals surface area contributed by atoms with E-state index in [0.717, 1.165) is 36.1 Å². The Kier molecular flexibility index (Phi) is 7.09. The van der Waals surface area contributed by atoms with E-state index in [0.29, 0.717) is 6.42 Å². The van der Waals surface area contributed by atoms with Crippen LogP contribution >= 0.6 is 0 Å². The van der Waals surface area contributed by atoms with Gasteiger partial charge >= 0.3 is 5.97 Å². The van der Waals surface area contributed by atoms with Gasteiger partial charge in [-0.05, 0) is 30.9 Å². The minimum atomic E-state index is -0.875. The average Bonchev–Trinajstić information content (AvgIpc) is 2.49. The number of benzene rings is 1. The van der Waals surface area contributed by atoms with Gasteiger partial charge in [0.25, 0.3) is 0 Å². The third-order valence-electron chi connectivity index (χ3n) is 3.90. The summed E-state index contributed by atoms with van der Waals surface area (Å²) in [6.45, 7) is 7.93. The zero-order valence-corrected chi connectivity index (χ0v) is 14.1. The van der Waals surface area contributed by atoms with Crippen molar-refractivity contribution in [3.63, 3.8) is 0 Å². The van der Waals surface area contributed by atoms with Gasteiger partial charge < -0.3 is 10.0 Å². The second-order valence-corrected chi connectivity index (χ2v) is 5.78. The van der Waals surface area contributed by atoms with Crippen molar-refractivity contribution in [1.29, 1.82) is 0 Å². The van der Waals surface area contributed by atoms with Crippen LogP contribution in [0.2, 0.25) is 0 Å². The summed E-state index contributed by atoms with van der Waals surface area (Å²) in [5.74, 6) is -1.45. The molecule has 0 aromatic heterocycles. The quantitative estimate of drug-likeness (QED) is 0.794. The minimum absolute atomic E-state index is 0.0129. The first-order chi connectivity index (χ1) is 10.4. The van der Waals surface area contributed by atoms with Crippen molar-refractivity contribution in [3.05, 3.63) is 29.3 Å². The number of amides is 1. The molecule has 0 radical (unpaired) electrons. The molecule has 0 spiro atoms. The molecule has 0 fully saturated rings. The molecule has 0 heterocycles. The predicted molar refractivity (Wildman–Crippen MR) is 89.2 cm³/mol. The molecular formula is C18H27NO3. The Balaban J connectivity index is 3.19. The second-order valence-electron chi connectivity index (χ2n) is 5.78. The fraction of sp³-hybridized carbons (Fsp3) is 0.556. The van der Waals surface area contributed by atoms with Crippen molar-refractivity contribution in [2.45, 2.75) is 53.4 Å². The number of carboxylic acids is 1. The number of anilines is 1. The highest BCUT2D eigenvalue weighted by molar-refractivity contribution is 5.95. The molecule has 1 atom stereocenters. The molecule has 1 amide bonds. The number of hydrogen-bond donors (Lipinski definition) is 1. The van der Waals surface area contributed by atoms with E-state index >= 15 is 0 Å². The van der Waals surface area contributed by atoms with Crippen LogP contribution in [0.1, 0.15) is 51.2 Å². The molecule has 4 nitrogen and oxygen atoms in total. The molecule has 0 bridgehead atoms. The van der Waals surface area contributed by atoms with Crippen LogP contribution in [0.4, 0.5) is 5.69 Å². The van der Waals surface area contributed by atoms with Gasteiger partial charge in [-0.2, -0.15) is 0 Å². The van der Waals surface area contributed by atoms with E-state index in [-0.39, 0.29) is 12.5 Å². The SMILES string of the molecule is CCCCC(=O)N(CC(C)C(=O)O)c1c(C)cccc1CC. The van der Waals surface area contributed by atoms with Gasteiger partial charge in [-0.1, -0.05) is 45.4 Å². The number of para-hydroxylation sites is 1. The third kappa shape index (κ3) is 4.58. The highest BCUT2D eigenvalue weighted by Crippen LogP contribution is 2.27. The van der Waals surface area contributed by atoms with Crippen molar-refractivity contribution in [2.24, 2.45) is 5.92 Å². The largest absolute Gasteiger partial charge is 0.481 e. The van der Waals surface area contributed by atoms with E-state index in [1.807, 2.05) is 39.0 Å². The number of unbranched alkanes of at least 4 members (excludes halogenated alkanes) is 1. The topological polar surface area (TPSA) is 57.6 Å². The number of carboxylic acid groups (broad SMARTS) is 1. The predicted octanol–water partition coefficient (Wildman–Crippen LogP) is 3.80. The van der Waals surface area contributed by atoms with Crippen LogP contribution in [0.25, 0.3) is 0 Å². The van der Waals surface area contributed by atoms with Gasteiger partial charge in [0.15, 0.2) is 0 Å². The Bertz CT molecular complexity index is 525.